The molecule has 2 heterocycles. The number of benzene rings is 7. The molecule has 2 N–H and O–H groups in total. The number of hydrogen-bond donors (Lipinski definition) is 2. The van der Waals surface area contributed by atoms with Crippen molar-refractivity contribution >= 4 is 27.5 Å². The predicted octanol–water partition coefficient (Wildman–Crippen LogP) is 13.0. The van der Waals surface area contributed by atoms with Crippen LogP contribution >= 0.6 is 0 Å². The second-order valence-electron chi connectivity index (χ2n) is 16.6. The van der Waals surface area contributed by atoms with E-state index in [1.165, 1.54) is 83.1 Å². The highest BCUT2D eigenvalue weighted by atomic mass is 15.2. The van der Waals surface area contributed by atoms with Gasteiger partial charge in [-0.05, 0) is 105 Å². The second-order valence-corrected chi connectivity index (χ2v) is 16.6. The van der Waals surface area contributed by atoms with Gasteiger partial charge in [-0.3, -0.25) is 5.32 Å². The van der Waals surface area contributed by atoms with Crippen molar-refractivity contribution in [1.29, 1.82) is 0 Å². The van der Waals surface area contributed by atoms with Gasteiger partial charge in [0.15, 0.2) is 0 Å². The molecule has 0 spiro atoms. The minimum absolute atomic E-state index is 0.0329. The van der Waals surface area contributed by atoms with Crippen LogP contribution in [0.1, 0.15) is 60.0 Å². The minimum Gasteiger partial charge on any atom is -0.366 e. The lowest BCUT2D eigenvalue weighted by molar-refractivity contribution is 0.477. The standard InChI is InChI=1S/C55H45N3/c1-55(2)48-25-11-9-23-44(48)45-29-27-41(34-49(45)55)39-20-14-22-43(32-39)58-52-26-12-10-24-46(52)47-33-40(28-30-53(47)58)38-19-13-21-42(31-38)54-56-50(36-15-5-3-6-16-36)35-51(57-54)37-17-7-4-8-18-37/h3-18,20-35,38,50,54,56-57H,19H2,1-2H3. The van der Waals surface area contributed by atoms with Crippen LogP contribution in [0.15, 0.2) is 200 Å². The monoisotopic (exact) mass is 747 g/mol. The van der Waals surface area contributed by atoms with E-state index in [1.807, 2.05) is 0 Å². The zero-order valence-electron chi connectivity index (χ0n) is 32.9. The molecule has 3 heteroatoms. The Kier molecular flexibility index (Phi) is 8.20. The molecule has 11 rings (SSSR count). The third-order valence-electron chi connectivity index (χ3n) is 12.8. The average molecular weight is 748 g/mol. The van der Waals surface area contributed by atoms with Crippen LogP contribution in [0.5, 0.6) is 0 Å². The first-order valence-corrected chi connectivity index (χ1v) is 20.6. The van der Waals surface area contributed by atoms with Crippen molar-refractivity contribution in [3.8, 4) is 27.9 Å². The van der Waals surface area contributed by atoms with Gasteiger partial charge in [0, 0.05) is 33.5 Å². The first-order valence-electron chi connectivity index (χ1n) is 20.6. The summed E-state index contributed by atoms with van der Waals surface area (Å²) in [6, 6.07) is 62.5. The van der Waals surface area contributed by atoms with Crippen molar-refractivity contribution in [2.75, 3.05) is 0 Å². The van der Waals surface area contributed by atoms with Crippen molar-refractivity contribution in [3.63, 3.8) is 0 Å². The Morgan fingerprint density at radius 2 is 1.28 bits per heavy atom. The van der Waals surface area contributed by atoms with Crippen molar-refractivity contribution in [2.24, 2.45) is 0 Å². The number of aromatic nitrogens is 1. The van der Waals surface area contributed by atoms with E-state index >= 15 is 0 Å². The molecule has 2 aliphatic carbocycles. The first-order chi connectivity index (χ1) is 28.5. The van der Waals surface area contributed by atoms with Crippen LogP contribution in [0.25, 0.3) is 55.4 Å². The van der Waals surface area contributed by atoms with E-state index in [1.54, 1.807) is 0 Å². The van der Waals surface area contributed by atoms with Crippen LogP contribution in [-0.4, -0.2) is 10.7 Å². The lowest BCUT2D eigenvalue weighted by atomic mass is 9.81. The normalized spacial score (nSPS) is 19.3. The van der Waals surface area contributed by atoms with Crippen LogP contribution < -0.4 is 10.6 Å². The summed E-state index contributed by atoms with van der Waals surface area (Å²) < 4.78 is 2.45. The number of nitrogens with zero attached hydrogens (tertiary/aromatic N) is 1. The Morgan fingerprint density at radius 1 is 0.552 bits per heavy atom. The smallest absolute Gasteiger partial charge is 0.104 e. The highest BCUT2D eigenvalue weighted by Crippen LogP contribution is 2.49. The fourth-order valence-electron chi connectivity index (χ4n) is 9.81. The summed E-state index contributed by atoms with van der Waals surface area (Å²) in [6.45, 7) is 4.71. The van der Waals surface area contributed by atoms with Crippen LogP contribution in [0, 0.1) is 0 Å². The number of para-hydroxylation sites is 1. The molecule has 3 unspecified atom stereocenters. The molecule has 3 aliphatic rings. The fraction of sp³-hybridized carbons (Fsp3) is 0.127. The van der Waals surface area contributed by atoms with Gasteiger partial charge in [-0.1, -0.05) is 166 Å². The predicted molar refractivity (Wildman–Crippen MR) is 242 cm³/mol. The maximum atomic E-state index is 3.91. The summed E-state index contributed by atoms with van der Waals surface area (Å²) in [4.78, 5) is 0. The topological polar surface area (TPSA) is 29.0 Å². The Balaban J connectivity index is 0.942. The van der Waals surface area contributed by atoms with E-state index in [4.69, 9.17) is 0 Å². The van der Waals surface area contributed by atoms with Crippen LogP contribution in [0.4, 0.5) is 0 Å². The molecule has 58 heavy (non-hydrogen) atoms. The zero-order chi connectivity index (χ0) is 38.8. The van der Waals surface area contributed by atoms with Gasteiger partial charge in [-0.25, -0.2) is 0 Å². The molecule has 0 amide bonds. The van der Waals surface area contributed by atoms with Gasteiger partial charge in [0.2, 0.25) is 0 Å². The molecular weight excluding hydrogens is 703 g/mol. The molecule has 3 atom stereocenters. The molecular formula is C55H45N3. The summed E-state index contributed by atoms with van der Waals surface area (Å²) >= 11 is 0. The number of allylic oxidation sites excluding steroid dienone is 2. The van der Waals surface area contributed by atoms with Gasteiger partial charge in [0.25, 0.3) is 0 Å². The minimum atomic E-state index is -0.0374. The molecule has 1 aliphatic heterocycles. The average Bonchev–Trinajstić information content (AvgIpc) is 3.74. The third kappa shape index (κ3) is 5.77. The van der Waals surface area contributed by atoms with Crippen molar-refractivity contribution < 1.29 is 0 Å². The van der Waals surface area contributed by atoms with Gasteiger partial charge in [0.05, 0.1) is 17.1 Å². The van der Waals surface area contributed by atoms with Crippen molar-refractivity contribution in [1.82, 2.24) is 15.2 Å². The number of hydrogen-bond acceptors (Lipinski definition) is 2. The Labute approximate surface area is 340 Å². The SMILES string of the molecule is CC1(C)c2ccccc2-c2ccc(-c3cccc(-n4c5ccccc5c5cc(C6C=C(C7NC(c8ccccc8)=CC(c8ccccc8)N7)C=CC6)ccc54)c3)cc21. The van der Waals surface area contributed by atoms with E-state index in [0.29, 0.717) is 0 Å². The van der Waals surface area contributed by atoms with Crippen LogP contribution in [-0.2, 0) is 5.41 Å². The highest BCUT2D eigenvalue weighted by Gasteiger charge is 2.35. The maximum Gasteiger partial charge on any atom is 0.104 e. The second kappa shape index (κ2) is 13.8. The lowest BCUT2D eigenvalue weighted by Gasteiger charge is -2.35. The molecule has 3 nitrogen and oxygen atoms in total. The van der Waals surface area contributed by atoms with Gasteiger partial charge in [-0.15, -0.1) is 0 Å². The fourth-order valence-corrected chi connectivity index (χ4v) is 9.81. The molecule has 0 saturated carbocycles. The van der Waals surface area contributed by atoms with Gasteiger partial charge in [-0.2, -0.15) is 0 Å². The number of rotatable bonds is 6. The molecule has 0 fully saturated rings. The van der Waals surface area contributed by atoms with E-state index in [9.17, 15) is 0 Å². The Morgan fingerprint density at radius 3 is 2.16 bits per heavy atom. The van der Waals surface area contributed by atoms with E-state index < -0.39 is 0 Å². The van der Waals surface area contributed by atoms with E-state index in [0.717, 1.165) is 12.1 Å². The van der Waals surface area contributed by atoms with Crippen molar-refractivity contribution in [3.05, 3.63) is 228 Å². The first kappa shape index (κ1) is 34.6. The number of fused-ring (bicyclic) bond motifs is 6. The van der Waals surface area contributed by atoms with Crippen LogP contribution in [0.2, 0.25) is 0 Å². The summed E-state index contributed by atoms with van der Waals surface area (Å²) in [5.74, 6) is 0.259. The zero-order valence-corrected chi connectivity index (χ0v) is 32.9. The Bertz CT molecular complexity index is 2960. The van der Waals surface area contributed by atoms with E-state index in [2.05, 4.69) is 223 Å². The molecule has 0 radical (unpaired) electrons. The van der Waals surface area contributed by atoms with Gasteiger partial charge >= 0.3 is 0 Å². The molecule has 1 aromatic heterocycles. The third-order valence-corrected chi connectivity index (χ3v) is 12.8. The number of nitrogens with one attached hydrogen (secondary N) is 2. The van der Waals surface area contributed by atoms with E-state index in [-0.39, 0.29) is 23.5 Å². The van der Waals surface area contributed by atoms with Gasteiger partial charge in [0.1, 0.15) is 6.17 Å². The maximum absolute atomic E-state index is 3.91. The molecule has 8 aromatic rings. The van der Waals surface area contributed by atoms with Gasteiger partial charge < -0.3 is 9.88 Å². The molecule has 280 valence electrons. The largest absolute Gasteiger partial charge is 0.366 e. The Hall–Kier alpha value is -6.68. The lowest BCUT2D eigenvalue weighted by Crippen LogP contribution is -2.47. The summed E-state index contributed by atoms with van der Waals surface area (Å²) in [5, 5.41) is 10.3. The molecule has 0 bridgehead atoms. The quantitative estimate of drug-likeness (QED) is 0.177. The summed E-state index contributed by atoms with van der Waals surface area (Å²) in [7, 11) is 0. The van der Waals surface area contributed by atoms with Crippen molar-refractivity contribution in [2.45, 2.75) is 43.8 Å². The van der Waals surface area contributed by atoms with Crippen LogP contribution in [0.3, 0.4) is 0 Å². The molecule has 7 aromatic carbocycles. The summed E-state index contributed by atoms with van der Waals surface area (Å²) in [5.41, 5.74) is 17.8. The highest BCUT2D eigenvalue weighted by molar-refractivity contribution is 6.09. The molecule has 0 saturated heterocycles. The summed E-state index contributed by atoms with van der Waals surface area (Å²) in [6.07, 6.45) is 10.4.